The molecule has 3 rings (SSSR count). The van der Waals surface area contributed by atoms with E-state index in [1.54, 1.807) is 12.1 Å². The molecular weight excluding hydrogens is 367 g/mol. The summed E-state index contributed by atoms with van der Waals surface area (Å²) in [4.78, 5) is 37.8. The minimum Gasteiger partial charge on any atom is -0.354 e. The van der Waals surface area contributed by atoms with Crippen molar-refractivity contribution in [3.05, 3.63) is 76.4 Å². The van der Waals surface area contributed by atoms with E-state index in [9.17, 15) is 18.8 Å². The van der Waals surface area contributed by atoms with E-state index < -0.39 is 5.82 Å². The zero-order valence-electron chi connectivity index (χ0n) is 14.4. The van der Waals surface area contributed by atoms with E-state index in [1.165, 1.54) is 18.2 Å². The van der Waals surface area contributed by atoms with Gasteiger partial charge in [-0.05, 0) is 41.1 Å². The number of rotatable bonds is 6. The molecule has 7 heteroatoms. The number of carbonyl (C=O) groups excluding carboxylic acids is 3. The van der Waals surface area contributed by atoms with Gasteiger partial charge in [-0.25, -0.2) is 4.39 Å². The molecule has 1 saturated heterocycles. The van der Waals surface area contributed by atoms with Crippen molar-refractivity contribution in [3.63, 3.8) is 0 Å². The smallest absolute Gasteiger partial charge is 0.293 e. The number of hydrogen-bond donors (Lipinski definition) is 1. The Kier molecular flexibility index (Phi) is 6.03. The first kappa shape index (κ1) is 18.8. The molecule has 138 valence electrons. The van der Waals surface area contributed by atoms with E-state index in [0.29, 0.717) is 10.5 Å². The van der Waals surface area contributed by atoms with Crippen molar-refractivity contribution in [3.8, 4) is 0 Å². The number of nitrogens with zero attached hydrogens (tertiary/aromatic N) is 1. The Balaban J connectivity index is 1.52. The van der Waals surface area contributed by atoms with Crippen LogP contribution in [0, 0.1) is 5.82 Å². The molecule has 1 heterocycles. The molecule has 5 nitrogen and oxygen atoms in total. The van der Waals surface area contributed by atoms with E-state index in [1.807, 2.05) is 30.3 Å². The van der Waals surface area contributed by atoms with E-state index >= 15 is 0 Å². The molecule has 0 aromatic heterocycles. The van der Waals surface area contributed by atoms with Gasteiger partial charge in [-0.3, -0.25) is 19.3 Å². The van der Waals surface area contributed by atoms with E-state index in [2.05, 4.69) is 5.32 Å². The van der Waals surface area contributed by atoms with Crippen LogP contribution in [-0.4, -0.2) is 35.0 Å². The highest BCUT2D eigenvalue weighted by atomic mass is 32.2. The first-order chi connectivity index (χ1) is 13.0. The van der Waals surface area contributed by atoms with Crippen LogP contribution in [0.4, 0.5) is 9.18 Å². The maximum atomic E-state index is 13.1. The Hall–Kier alpha value is -2.93. The molecule has 1 aliphatic heterocycles. The summed E-state index contributed by atoms with van der Waals surface area (Å²) in [5, 5.41) is 2.29. The lowest BCUT2D eigenvalue weighted by Gasteiger charge is -2.13. The maximum absolute atomic E-state index is 13.1. The molecule has 0 aliphatic carbocycles. The minimum absolute atomic E-state index is 0.0353. The molecule has 2 aromatic rings. The summed E-state index contributed by atoms with van der Waals surface area (Å²) in [6.45, 7) is 0.233. The molecule has 0 spiro atoms. The second-order valence-corrected chi connectivity index (χ2v) is 6.89. The maximum Gasteiger partial charge on any atom is 0.293 e. The number of carbonyl (C=O) groups is 3. The quantitative estimate of drug-likeness (QED) is 0.777. The number of imide groups is 1. The molecule has 1 aliphatic rings. The Bertz CT molecular complexity index is 899. The van der Waals surface area contributed by atoms with Gasteiger partial charge in [0, 0.05) is 13.1 Å². The molecule has 0 unspecified atom stereocenters. The highest BCUT2D eigenvalue weighted by Crippen LogP contribution is 2.31. The van der Waals surface area contributed by atoms with Gasteiger partial charge in [0.1, 0.15) is 5.82 Å². The molecule has 27 heavy (non-hydrogen) atoms. The van der Waals surface area contributed by atoms with Crippen LogP contribution in [-0.2, 0) is 16.0 Å². The van der Waals surface area contributed by atoms with Gasteiger partial charge in [0.05, 0.1) is 11.3 Å². The lowest BCUT2D eigenvalue weighted by Crippen LogP contribution is -2.37. The van der Waals surface area contributed by atoms with E-state index in [4.69, 9.17) is 0 Å². The van der Waals surface area contributed by atoms with Crippen LogP contribution in [0.2, 0.25) is 0 Å². The lowest BCUT2D eigenvalue weighted by molar-refractivity contribution is -0.124. The predicted octanol–water partition coefficient (Wildman–Crippen LogP) is 3.22. The molecule has 3 amide bonds. The fourth-order valence-electron chi connectivity index (χ4n) is 2.60. The van der Waals surface area contributed by atoms with Gasteiger partial charge >= 0.3 is 0 Å². The fraction of sp³-hybridized carbons (Fsp3) is 0.150. The highest BCUT2D eigenvalue weighted by molar-refractivity contribution is 8.18. The zero-order valence-corrected chi connectivity index (χ0v) is 15.2. The third kappa shape index (κ3) is 5.04. The van der Waals surface area contributed by atoms with Gasteiger partial charge in [-0.1, -0.05) is 42.5 Å². The zero-order chi connectivity index (χ0) is 19.2. The summed E-state index contributed by atoms with van der Waals surface area (Å²) in [6.07, 6.45) is 1.71. The van der Waals surface area contributed by atoms with Crippen LogP contribution in [0.25, 0.3) is 6.08 Å². The van der Waals surface area contributed by atoms with Gasteiger partial charge in [-0.2, -0.15) is 0 Å². The van der Waals surface area contributed by atoms with Gasteiger partial charge in [0.15, 0.2) is 0 Å². The van der Waals surface area contributed by atoms with E-state index in [0.717, 1.165) is 22.2 Å². The Labute approximate surface area is 160 Å². The molecule has 1 N–H and O–H groups in total. The first-order valence-corrected chi connectivity index (χ1v) is 9.16. The number of benzene rings is 2. The predicted molar refractivity (Wildman–Crippen MR) is 102 cm³/mol. The summed E-state index contributed by atoms with van der Waals surface area (Å²) in [5.74, 6) is -1.07. The minimum atomic E-state index is -0.400. The standard InChI is InChI=1S/C20H17FN2O3S/c21-16-8-4-7-15(11-16)13-18(24)22-9-10-23-19(25)17(27-20(23)26)12-14-5-2-1-3-6-14/h1-8,11-12H,9-10,13H2,(H,22,24)/b17-12-. The number of amides is 3. The molecule has 2 aromatic carbocycles. The van der Waals surface area contributed by atoms with Gasteiger partial charge < -0.3 is 5.32 Å². The fourth-order valence-corrected chi connectivity index (χ4v) is 3.46. The van der Waals surface area contributed by atoms with Crippen molar-refractivity contribution in [2.24, 2.45) is 0 Å². The van der Waals surface area contributed by atoms with E-state index in [-0.39, 0.29) is 36.6 Å². The van der Waals surface area contributed by atoms with Crippen molar-refractivity contribution < 1.29 is 18.8 Å². The Morgan fingerprint density at radius 3 is 2.63 bits per heavy atom. The number of hydrogen-bond acceptors (Lipinski definition) is 4. The first-order valence-electron chi connectivity index (χ1n) is 8.34. The normalized spacial score (nSPS) is 15.4. The topological polar surface area (TPSA) is 66.5 Å². The van der Waals surface area contributed by atoms with Crippen molar-refractivity contribution in [2.45, 2.75) is 6.42 Å². The van der Waals surface area contributed by atoms with Crippen LogP contribution in [0.15, 0.2) is 59.5 Å². The summed E-state index contributed by atoms with van der Waals surface area (Å²) in [6, 6.07) is 15.1. The molecular formula is C20H17FN2O3S. The summed E-state index contributed by atoms with van der Waals surface area (Å²) in [5.41, 5.74) is 1.40. The Morgan fingerprint density at radius 2 is 1.89 bits per heavy atom. The second kappa shape index (κ2) is 8.64. The third-order valence-electron chi connectivity index (χ3n) is 3.88. The number of thioether (sulfide) groups is 1. The van der Waals surface area contributed by atoms with Gasteiger partial charge in [-0.15, -0.1) is 0 Å². The molecule has 0 saturated carbocycles. The SMILES string of the molecule is O=C(Cc1cccc(F)c1)NCCN1C(=O)S/C(=C\c2ccccc2)C1=O. The highest BCUT2D eigenvalue weighted by Gasteiger charge is 2.34. The van der Waals surface area contributed by atoms with Crippen LogP contribution in [0.1, 0.15) is 11.1 Å². The summed E-state index contributed by atoms with van der Waals surface area (Å²) in [7, 11) is 0. The Morgan fingerprint density at radius 1 is 1.11 bits per heavy atom. The van der Waals surface area contributed by atoms with Crippen molar-refractivity contribution in [1.29, 1.82) is 0 Å². The third-order valence-corrected chi connectivity index (χ3v) is 4.79. The lowest BCUT2D eigenvalue weighted by atomic mass is 10.1. The van der Waals surface area contributed by atoms with Gasteiger partial charge in [0.25, 0.3) is 11.1 Å². The average molecular weight is 384 g/mol. The van der Waals surface area contributed by atoms with Crippen molar-refractivity contribution in [2.75, 3.05) is 13.1 Å². The second-order valence-electron chi connectivity index (χ2n) is 5.90. The molecule has 1 fully saturated rings. The van der Waals surface area contributed by atoms with Crippen LogP contribution >= 0.6 is 11.8 Å². The van der Waals surface area contributed by atoms with Crippen molar-refractivity contribution >= 4 is 34.9 Å². The summed E-state index contributed by atoms with van der Waals surface area (Å²) >= 11 is 0.884. The summed E-state index contributed by atoms with van der Waals surface area (Å²) < 4.78 is 13.1. The monoisotopic (exact) mass is 384 g/mol. The van der Waals surface area contributed by atoms with Crippen LogP contribution in [0.5, 0.6) is 0 Å². The van der Waals surface area contributed by atoms with Crippen LogP contribution < -0.4 is 5.32 Å². The molecule has 0 atom stereocenters. The number of halogens is 1. The molecule has 0 bridgehead atoms. The largest absolute Gasteiger partial charge is 0.354 e. The van der Waals surface area contributed by atoms with Gasteiger partial charge in [0.2, 0.25) is 5.91 Å². The molecule has 0 radical (unpaired) electrons. The number of nitrogens with one attached hydrogen (secondary N) is 1. The van der Waals surface area contributed by atoms with Crippen LogP contribution in [0.3, 0.4) is 0 Å². The average Bonchev–Trinajstić information content (AvgIpc) is 2.90. The van der Waals surface area contributed by atoms with Crippen molar-refractivity contribution in [1.82, 2.24) is 10.2 Å².